The van der Waals surface area contributed by atoms with Gasteiger partial charge >= 0.3 is 52.4 Å². The maximum atomic E-state index is 3.30. The van der Waals surface area contributed by atoms with Crippen molar-refractivity contribution in [2.45, 2.75) is 54.4 Å². The van der Waals surface area contributed by atoms with Crippen LogP contribution in [0.3, 0.4) is 0 Å². The number of benzene rings is 8. The van der Waals surface area contributed by atoms with E-state index in [1.54, 1.807) is 0 Å². The second kappa shape index (κ2) is 23.4. The molecule has 0 N–H and O–H groups in total. The first kappa shape index (κ1) is 52.3. The van der Waals surface area contributed by atoms with Gasteiger partial charge in [0.05, 0.1) is 0 Å². The third-order valence-electron chi connectivity index (χ3n) is 12.1. The Labute approximate surface area is 443 Å². The number of rotatable bonds is 2. The molecule has 2 aliphatic carbocycles. The molecule has 0 nitrogen and oxygen atoms in total. The SMILES string of the molecule is Cc1cc(C)cc(-c2cccc3[cH-]c(C)cc23)c1.Cc1cc(C)cc(-c2cccc3[cH-]c(C)cc23)c1.[Cl-].[Cl-].[Zr+2].[Zr+2].[c-]1cccc2c1Cc1ccccc1-2.[c-]1cccc2c1Cc1ccccc1-2. The predicted octanol–water partition coefficient (Wildman–Crippen LogP) is 10.4. The van der Waals surface area contributed by atoms with E-state index < -0.39 is 0 Å². The fourth-order valence-corrected chi connectivity index (χ4v) is 9.53. The molecular formula is C62H52Cl2Zr2-2. The quantitative estimate of drug-likeness (QED) is 0.151. The van der Waals surface area contributed by atoms with Gasteiger partial charge in [0.25, 0.3) is 0 Å². The first-order chi connectivity index (χ1) is 30.2. The average molecular weight is 1050 g/mol. The first-order valence-electron chi connectivity index (χ1n) is 21.8. The first-order valence-corrected chi connectivity index (χ1v) is 21.8. The molecular weight excluding hydrogens is 998 g/mol. The van der Waals surface area contributed by atoms with Crippen molar-refractivity contribution >= 4 is 21.5 Å². The zero-order valence-electron chi connectivity index (χ0n) is 38.5. The summed E-state index contributed by atoms with van der Waals surface area (Å²) in [5.74, 6) is 0. The second-order valence-corrected chi connectivity index (χ2v) is 17.2. The summed E-state index contributed by atoms with van der Waals surface area (Å²) in [5, 5.41) is 5.40. The number of halogens is 2. The molecule has 0 atom stereocenters. The van der Waals surface area contributed by atoms with Gasteiger partial charge in [0.15, 0.2) is 0 Å². The maximum absolute atomic E-state index is 3.30. The van der Waals surface area contributed by atoms with Crippen LogP contribution in [0, 0.1) is 53.7 Å². The van der Waals surface area contributed by atoms with Crippen LogP contribution in [0.15, 0.2) is 182 Å². The third-order valence-corrected chi connectivity index (χ3v) is 12.1. The topological polar surface area (TPSA) is 0 Å². The van der Waals surface area contributed by atoms with E-state index in [2.05, 4.69) is 224 Å². The Bertz CT molecular complexity index is 2880. The summed E-state index contributed by atoms with van der Waals surface area (Å²) in [5.41, 5.74) is 24.3. The maximum Gasteiger partial charge on any atom is 2.00 e. The summed E-state index contributed by atoms with van der Waals surface area (Å²) in [7, 11) is 0. The largest absolute Gasteiger partial charge is 2.00 e. The normalized spacial score (nSPS) is 10.9. The van der Waals surface area contributed by atoms with Crippen molar-refractivity contribution in [1.29, 1.82) is 0 Å². The van der Waals surface area contributed by atoms with Crippen LogP contribution in [0.25, 0.3) is 66.1 Å². The minimum atomic E-state index is 0. The molecule has 0 spiro atoms. The molecule has 0 fully saturated rings. The van der Waals surface area contributed by atoms with Crippen LogP contribution in [0.2, 0.25) is 0 Å². The second-order valence-electron chi connectivity index (χ2n) is 17.2. The van der Waals surface area contributed by atoms with Gasteiger partial charge in [-0.1, -0.05) is 167 Å². The van der Waals surface area contributed by atoms with Crippen molar-refractivity contribution in [3.8, 4) is 44.5 Å². The van der Waals surface area contributed by atoms with Gasteiger partial charge in [-0.25, -0.2) is 0 Å². The smallest absolute Gasteiger partial charge is 1.00 e. The van der Waals surface area contributed by atoms with E-state index in [0.29, 0.717) is 0 Å². The van der Waals surface area contributed by atoms with E-state index in [1.165, 1.54) is 122 Å². The van der Waals surface area contributed by atoms with E-state index in [1.807, 2.05) is 12.1 Å². The van der Waals surface area contributed by atoms with E-state index >= 15 is 0 Å². The fourth-order valence-electron chi connectivity index (χ4n) is 9.53. The Morgan fingerprint density at radius 3 is 1.11 bits per heavy atom. The van der Waals surface area contributed by atoms with E-state index in [-0.39, 0.29) is 77.2 Å². The van der Waals surface area contributed by atoms with Gasteiger partial charge in [-0.15, -0.1) is 80.2 Å². The number of aryl methyl sites for hydroxylation is 6. The summed E-state index contributed by atoms with van der Waals surface area (Å²) in [6.45, 7) is 13.0. The van der Waals surface area contributed by atoms with Gasteiger partial charge in [-0.3, -0.25) is 0 Å². The zero-order chi connectivity index (χ0) is 42.7. The molecule has 66 heavy (non-hydrogen) atoms. The summed E-state index contributed by atoms with van der Waals surface area (Å²) in [6.07, 6.45) is 2.10. The molecule has 324 valence electrons. The average Bonchev–Trinajstić information content (AvgIpc) is 4.05. The van der Waals surface area contributed by atoms with Gasteiger partial charge in [0.1, 0.15) is 0 Å². The Hall–Kier alpha value is -4.67. The van der Waals surface area contributed by atoms with Crippen LogP contribution in [-0.2, 0) is 65.2 Å². The Balaban J connectivity index is 0.000000163. The summed E-state index contributed by atoms with van der Waals surface area (Å²) < 4.78 is 0. The number of hydrogen-bond acceptors (Lipinski definition) is 0. The van der Waals surface area contributed by atoms with Crippen molar-refractivity contribution < 1.29 is 77.2 Å². The molecule has 0 saturated heterocycles. The molecule has 2 aliphatic rings. The zero-order valence-corrected chi connectivity index (χ0v) is 44.9. The van der Waals surface area contributed by atoms with Crippen LogP contribution in [0.5, 0.6) is 0 Å². The molecule has 0 bridgehead atoms. The predicted molar refractivity (Wildman–Crippen MR) is 265 cm³/mol. The van der Waals surface area contributed by atoms with Gasteiger partial charge in [0, 0.05) is 0 Å². The summed E-state index contributed by atoms with van der Waals surface area (Å²) in [4.78, 5) is 0. The fraction of sp³-hybridized carbons (Fsp3) is 0.129. The monoisotopic (exact) mass is 1050 g/mol. The Morgan fingerprint density at radius 2 is 0.712 bits per heavy atom. The van der Waals surface area contributed by atoms with Crippen molar-refractivity contribution in [3.05, 3.63) is 250 Å². The molecule has 0 heterocycles. The van der Waals surface area contributed by atoms with Crippen LogP contribution in [0.1, 0.15) is 55.6 Å². The van der Waals surface area contributed by atoms with Crippen molar-refractivity contribution in [1.82, 2.24) is 0 Å². The van der Waals surface area contributed by atoms with E-state index in [9.17, 15) is 0 Å². The summed E-state index contributed by atoms with van der Waals surface area (Å²) >= 11 is 0. The van der Waals surface area contributed by atoms with Gasteiger partial charge in [-0.05, 0) is 51.7 Å². The van der Waals surface area contributed by atoms with Crippen molar-refractivity contribution in [3.63, 3.8) is 0 Å². The van der Waals surface area contributed by atoms with Gasteiger partial charge in [-0.2, -0.15) is 71.8 Å². The summed E-state index contributed by atoms with van der Waals surface area (Å²) in [6, 6.07) is 71.9. The van der Waals surface area contributed by atoms with Gasteiger partial charge in [0.2, 0.25) is 0 Å². The Kier molecular flexibility index (Phi) is 18.5. The molecule has 10 aromatic carbocycles. The van der Waals surface area contributed by atoms with E-state index in [4.69, 9.17) is 0 Å². The standard InChI is InChI=1S/2C18H17.2C13H9.2ClH.2Zr/c2*1-12-7-13(2)10-16(9-12)17-6-4-5-15-8-14(3)11-18(15)17;2*1-3-7-12-10(5-1)9-11-6-2-4-8-13(11)12;;;;/h2*4-11H,1-3H3;2*1-5,7-8H,9H2;2*1H;;/q4*-1;;;2*+2/p-2. The molecule has 0 radical (unpaired) electrons. The number of hydrogen-bond donors (Lipinski definition) is 0. The van der Waals surface area contributed by atoms with Gasteiger partial charge < -0.3 is 24.8 Å². The molecule has 4 heteroatoms. The molecule has 0 amide bonds. The van der Waals surface area contributed by atoms with Crippen molar-refractivity contribution in [2.75, 3.05) is 0 Å². The number of fused-ring (bicyclic) bond motifs is 8. The molecule has 0 unspecified atom stereocenters. The molecule has 0 saturated carbocycles. The molecule has 0 aliphatic heterocycles. The van der Waals surface area contributed by atoms with Crippen molar-refractivity contribution in [2.24, 2.45) is 0 Å². The Morgan fingerprint density at radius 1 is 0.364 bits per heavy atom. The van der Waals surface area contributed by atoms with Crippen LogP contribution in [-0.4, -0.2) is 0 Å². The van der Waals surface area contributed by atoms with Crippen LogP contribution in [0.4, 0.5) is 0 Å². The van der Waals surface area contributed by atoms with E-state index in [0.717, 1.165) is 12.8 Å². The third kappa shape index (κ3) is 11.7. The van der Waals surface area contributed by atoms with Crippen LogP contribution < -0.4 is 24.8 Å². The minimum Gasteiger partial charge on any atom is -1.00 e. The molecule has 0 aromatic heterocycles. The molecule has 12 rings (SSSR count). The minimum absolute atomic E-state index is 0. The molecule has 10 aromatic rings. The van der Waals surface area contributed by atoms with Crippen LogP contribution >= 0.6 is 0 Å².